The molecule has 0 saturated heterocycles. The van der Waals surface area contributed by atoms with Crippen molar-refractivity contribution >= 4 is 17.3 Å². The van der Waals surface area contributed by atoms with Crippen LogP contribution in [0.3, 0.4) is 0 Å². The van der Waals surface area contributed by atoms with Crippen molar-refractivity contribution in [3.63, 3.8) is 0 Å². The third kappa shape index (κ3) is 3.34. The minimum atomic E-state index is 0.603. The van der Waals surface area contributed by atoms with Gasteiger partial charge in [0, 0.05) is 30.2 Å². The van der Waals surface area contributed by atoms with Crippen molar-refractivity contribution in [3.8, 4) is 5.75 Å². The highest BCUT2D eigenvalue weighted by Gasteiger charge is 2.02. The van der Waals surface area contributed by atoms with Gasteiger partial charge in [0.15, 0.2) is 0 Å². The van der Waals surface area contributed by atoms with Crippen LogP contribution in [0.25, 0.3) is 0 Å². The van der Waals surface area contributed by atoms with Gasteiger partial charge in [0.1, 0.15) is 12.1 Å². The van der Waals surface area contributed by atoms with Gasteiger partial charge in [-0.1, -0.05) is 11.6 Å². The van der Waals surface area contributed by atoms with Crippen LogP contribution in [0.5, 0.6) is 5.75 Å². The van der Waals surface area contributed by atoms with Crippen molar-refractivity contribution in [2.45, 2.75) is 13.5 Å². The molecule has 1 aromatic heterocycles. The molecule has 1 aromatic carbocycles. The normalized spacial score (nSPS) is 10.1. The molecule has 1 heterocycles. The van der Waals surface area contributed by atoms with Gasteiger partial charge in [-0.15, -0.1) is 0 Å². The minimum Gasteiger partial charge on any atom is -0.492 e. The molecule has 0 bridgehead atoms. The number of halogens is 1. The summed E-state index contributed by atoms with van der Waals surface area (Å²) < 4.78 is 5.37. The number of hydrogen-bond donors (Lipinski definition) is 1. The number of ether oxygens (including phenoxy) is 1. The molecule has 0 radical (unpaired) electrons. The lowest BCUT2D eigenvalue weighted by Crippen LogP contribution is -2.00. The lowest BCUT2D eigenvalue weighted by atomic mass is 10.2. The molecule has 0 saturated carbocycles. The average molecular weight is 264 g/mol. The van der Waals surface area contributed by atoms with Crippen molar-refractivity contribution in [3.05, 3.63) is 47.5 Å². The number of nitrogens with zero attached hydrogens (tertiary/aromatic N) is 2. The minimum absolute atomic E-state index is 0.603. The number of aromatic nitrogens is 2. The van der Waals surface area contributed by atoms with E-state index in [2.05, 4.69) is 15.3 Å². The first-order valence-electron chi connectivity index (χ1n) is 5.69. The van der Waals surface area contributed by atoms with Crippen LogP contribution in [-0.4, -0.2) is 16.6 Å². The van der Waals surface area contributed by atoms with Crippen molar-refractivity contribution in [2.24, 2.45) is 0 Å². The van der Waals surface area contributed by atoms with Gasteiger partial charge in [0.05, 0.1) is 11.6 Å². The second kappa shape index (κ2) is 6.21. The second-order valence-electron chi connectivity index (χ2n) is 3.68. The van der Waals surface area contributed by atoms with Gasteiger partial charge in [-0.2, -0.15) is 0 Å². The molecular weight excluding hydrogens is 250 g/mol. The summed E-state index contributed by atoms with van der Waals surface area (Å²) in [6.45, 7) is 3.19. The Hall–Kier alpha value is -1.81. The predicted molar refractivity (Wildman–Crippen MR) is 72.0 cm³/mol. The maximum absolute atomic E-state index is 6.10. The van der Waals surface area contributed by atoms with E-state index in [0.29, 0.717) is 23.9 Å². The van der Waals surface area contributed by atoms with E-state index in [4.69, 9.17) is 16.3 Å². The predicted octanol–water partition coefficient (Wildman–Crippen LogP) is 3.14. The number of rotatable bonds is 5. The molecule has 2 rings (SSSR count). The third-order valence-corrected chi connectivity index (χ3v) is 2.64. The summed E-state index contributed by atoms with van der Waals surface area (Å²) in [5.41, 5.74) is 1.95. The SMILES string of the molecule is CCOc1ccc(NCc2cncnc2)cc1Cl. The lowest BCUT2D eigenvalue weighted by Gasteiger charge is -2.09. The number of anilines is 1. The van der Waals surface area contributed by atoms with Crippen molar-refractivity contribution in [1.29, 1.82) is 0 Å². The zero-order chi connectivity index (χ0) is 12.8. The Balaban J connectivity index is 2.00. The Kier molecular flexibility index (Phi) is 4.36. The molecule has 0 fully saturated rings. The zero-order valence-electron chi connectivity index (χ0n) is 10.1. The van der Waals surface area contributed by atoms with Crippen LogP contribution in [-0.2, 0) is 6.54 Å². The van der Waals surface area contributed by atoms with Gasteiger partial charge in [0.2, 0.25) is 0 Å². The van der Waals surface area contributed by atoms with Crippen LogP contribution in [0, 0.1) is 0 Å². The van der Waals surface area contributed by atoms with Gasteiger partial charge in [-0.25, -0.2) is 9.97 Å². The topological polar surface area (TPSA) is 47.0 Å². The summed E-state index contributed by atoms with van der Waals surface area (Å²) in [5.74, 6) is 0.702. The van der Waals surface area contributed by atoms with Gasteiger partial charge in [-0.3, -0.25) is 0 Å². The quantitative estimate of drug-likeness (QED) is 0.900. The first kappa shape index (κ1) is 12.6. The fourth-order valence-electron chi connectivity index (χ4n) is 1.51. The zero-order valence-corrected chi connectivity index (χ0v) is 10.8. The molecule has 0 spiro atoms. The van der Waals surface area contributed by atoms with E-state index < -0.39 is 0 Å². The van der Waals surface area contributed by atoms with Crippen molar-refractivity contribution in [1.82, 2.24) is 9.97 Å². The van der Waals surface area contributed by atoms with Crippen LogP contribution in [0.4, 0.5) is 5.69 Å². The van der Waals surface area contributed by atoms with Crippen molar-refractivity contribution in [2.75, 3.05) is 11.9 Å². The first-order valence-corrected chi connectivity index (χ1v) is 6.07. The van der Waals surface area contributed by atoms with Gasteiger partial charge < -0.3 is 10.1 Å². The summed E-state index contributed by atoms with van der Waals surface area (Å²) in [6.07, 6.45) is 5.06. The van der Waals surface area contributed by atoms with Crippen LogP contribution in [0.15, 0.2) is 36.9 Å². The fraction of sp³-hybridized carbons (Fsp3) is 0.231. The largest absolute Gasteiger partial charge is 0.492 e. The Labute approximate surface area is 111 Å². The Morgan fingerprint density at radius 2 is 2.06 bits per heavy atom. The molecule has 94 valence electrons. The molecule has 1 N–H and O–H groups in total. The molecular formula is C13H14ClN3O. The molecule has 18 heavy (non-hydrogen) atoms. The van der Waals surface area contributed by atoms with Crippen LogP contribution in [0.2, 0.25) is 5.02 Å². The van der Waals surface area contributed by atoms with Crippen molar-refractivity contribution < 1.29 is 4.74 Å². The van der Waals surface area contributed by atoms with E-state index in [-0.39, 0.29) is 0 Å². The maximum Gasteiger partial charge on any atom is 0.138 e. The molecule has 0 unspecified atom stereocenters. The lowest BCUT2D eigenvalue weighted by molar-refractivity contribution is 0.340. The van der Waals surface area contributed by atoms with E-state index in [9.17, 15) is 0 Å². The number of hydrogen-bond acceptors (Lipinski definition) is 4. The standard InChI is InChI=1S/C13H14ClN3O/c1-2-18-13-4-3-11(5-12(13)14)17-8-10-6-15-9-16-7-10/h3-7,9,17H,2,8H2,1H3. The molecule has 0 aliphatic rings. The van der Waals surface area contributed by atoms with Crippen LogP contribution < -0.4 is 10.1 Å². The highest BCUT2D eigenvalue weighted by molar-refractivity contribution is 6.32. The summed E-state index contributed by atoms with van der Waals surface area (Å²) >= 11 is 6.10. The van der Waals surface area contributed by atoms with Gasteiger partial charge in [-0.05, 0) is 25.1 Å². The highest BCUT2D eigenvalue weighted by Crippen LogP contribution is 2.27. The smallest absolute Gasteiger partial charge is 0.138 e. The van der Waals surface area contributed by atoms with E-state index in [1.165, 1.54) is 6.33 Å². The van der Waals surface area contributed by atoms with E-state index in [1.54, 1.807) is 12.4 Å². The fourth-order valence-corrected chi connectivity index (χ4v) is 1.74. The Morgan fingerprint density at radius 1 is 1.28 bits per heavy atom. The summed E-state index contributed by atoms with van der Waals surface area (Å²) in [6, 6.07) is 5.63. The number of benzene rings is 1. The summed E-state index contributed by atoms with van der Waals surface area (Å²) in [5, 5.41) is 3.85. The Bertz CT molecular complexity index is 505. The van der Waals surface area contributed by atoms with Gasteiger partial charge >= 0.3 is 0 Å². The van der Waals surface area contributed by atoms with E-state index >= 15 is 0 Å². The molecule has 0 amide bonds. The van der Waals surface area contributed by atoms with E-state index in [0.717, 1.165) is 11.3 Å². The molecule has 0 aliphatic carbocycles. The molecule has 2 aromatic rings. The molecule has 0 aliphatic heterocycles. The third-order valence-electron chi connectivity index (χ3n) is 2.34. The highest BCUT2D eigenvalue weighted by atomic mass is 35.5. The Morgan fingerprint density at radius 3 is 2.72 bits per heavy atom. The number of nitrogens with one attached hydrogen (secondary N) is 1. The average Bonchev–Trinajstić information content (AvgIpc) is 2.41. The van der Waals surface area contributed by atoms with Gasteiger partial charge in [0.25, 0.3) is 0 Å². The second-order valence-corrected chi connectivity index (χ2v) is 4.09. The molecule has 0 atom stereocenters. The van der Waals surface area contributed by atoms with Crippen LogP contribution >= 0.6 is 11.6 Å². The summed E-state index contributed by atoms with van der Waals surface area (Å²) in [4.78, 5) is 7.91. The van der Waals surface area contributed by atoms with Crippen LogP contribution in [0.1, 0.15) is 12.5 Å². The molecule has 5 heteroatoms. The monoisotopic (exact) mass is 263 g/mol. The first-order chi connectivity index (χ1) is 8.79. The molecule has 4 nitrogen and oxygen atoms in total. The van der Waals surface area contributed by atoms with E-state index in [1.807, 2.05) is 25.1 Å². The summed E-state index contributed by atoms with van der Waals surface area (Å²) in [7, 11) is 0. The maximum atomic E-state index is 6.10.